The lowest BCUT2D eigenvalue weighted by molar-refractivity contribution is -0.148. The van der Waals surface area contributed by atoms with E-state index in [1.54, 1.807) is 61.9 Å². The van der Waals surface area contributed by atoms with E-state index in [2.05, 4.69) is 48.6 Å². The molecule has 0 radical (unpaired) electrons. The molecule has 2 aliphatic heterocycles. The SMILES string of the molecule is CCCNC(=O)C1(C#N)CCN(C(=O)CCC(=O)N[C@H](C(=O)N[C@@H](CCCNC(N)O)C(=O)Nc2ccc(CNC(=O)[C@H](Cc3ccccc3)NC(=O)[C@H](C)[C@@H](OC)[C@@H]3CCCN3C(=O)C[C@@H](OC)[C@H]([C@@H](C)CC)N(C)C(=O)[C@@H](NC(=O)[C@H](C(C)C)N(C)C)C(C)C)cc2)C(C)C)CC1. The van der Waals surface area contributed by atoms with E-state index in [0.717, 1.165) is 5.56 Å². The van der Waals surface area contributed by atoms with Gasteiger partial charge in [0.25, 0.3) is 0 Å². The molecule has 27 nitrogen and oxygen atoms in total. The monoisotopic (exact) mass is 1380 g/mol. The normalized spacial score (nSPS) is 17.9. The predicted octanol–water partition coefficient (Wildman–Crippen LogP) is 3.28. The van der Waals surface area contributed by atoms with Gasteiger partial charge in [-0.2, -0.15) is 5.26 Å². The number of nitrogens with two attached hydrogens (primary N) is 1. The summed E-state index contributed by atoms with van der Waals surface area (Å²) in [6.07, 6.45) is 0.155. The molecule has 27 heteroatoms. The Kier molecular flexibility index (Phi) is 34.9. The molecule has 2 aromatic rings. The number of piperidine rings is 1. The van der Waals surface area contributed by atoms with Crippen molar-refractivity contribution in [1.29, 1.82) is 5.26 Å². The summed E-state index contributed by atoms with van der Waals surface area (Å²) in [6, 6.07) is 12.4. The predicted molar refractivity (Wildman–Crippen MR) is 377 cm³/mol. The number of aliphatic hydroxyl groups is 1. The fourth-order valence-electron chi connectivity index (χ4n) is 13.2. The number of carbonyl (C=O) groups is 10. The van der Waals surface area contributed by atoms with Crippen LogP contribution in [0.1, 0.15) is 151 Å². The lowest BCUT2D eigenvalue weighted by atomic mass is 9.78. The van der Waals surface area contributed by atoms with Crippen LogP contribution in [0.2, 0.25) is 0 Å². The van der Waals surface area contributed by atoms with Crippen molar-refractivity contribution in [2.75, 3.05) is 73.4 Å². The molecule has 2 fully saturated rings. The molecule has 0 spiro atoms. The number of likely N-dealkylation sites (tertiary alicyclic amines) is 2. The number of benzene rings is 2. The third-order valence-electron chi connectivity index (χ3n) is 19.2. The lowest BCUT2D eigenvalue weighted by Gasteiger charge is -2.41. The number of rotatable bonds is 40. The van der Waals surface area contributed by atoms with Crippen LogP contribution in [-0.4, -0.2) is 213 Å². The largest absolute Gasteiger partial charge is 0.379 e. The van der Waals surface area contributed by atoms with E-state index in [9.17, 15) is 58.3 Å². The Bertz CT molecular complexity index is 2980. The number of hydrogen-bond donors (Lipinski definition) is 10. The molecule has 2 aliphatic rings. The second kappa shape index (κ2) is 41.2. The Balaban J connectivity index is 1.42. The van der Waals surface area contributed by atoms with Gasteiger partial charge >= 0.3 is 0 Å². The Morgan fingerprint density at radius 3 is 1.90 bits per heavy atom. The molecule has 12 atom stereocenters. The van der Waals surface area contributed by atoms with Crippen molar-refractivity contribution in [3.8, 4) is 6.07 Å². The first kappa shape index (κ1) is 83.8. The van der Waals surface area contributed by atoms with E-state index >= 15 is 0 Å². The van der Waals surface area contributed by atoms with Crippen LogP contribution in [0.25, 0.3) is 0 Å². The maximum absolute atomic E-state index is 14.6. The zero-order valence-corrected chi connectivity index (χ0v) is 61.2. The zero-order chi connectivity index (χ0) is 73.8. The van der Waals surface area contributed by atoms with Crippen LogP contribution in [0.4, 0.5) is 5.69 Å². The van der Waals surface area contributed by atoms with E-state index in [1.807, 2.05) is 97.8 Å². The first-order chi connectivity index (χ1) is 46.9. The highest BCUT2D eigenvalue weighted by molar-refractivity contribution is 5.99. The zero-order valence-electron chi connectivity index (χ0n) is 61.2. The van der Waals surface area contributed by atoms with Crippen LogP contribution >= 0.6 is 0 Å². The molecule has 99 heavy (non-hydrogen) atoms. The van der Waals surface area contributed by atoms with Crippen molar-refractivity contribution in [2.24, 2.45) is 40.7 Å². The summed E-state index contributed by atoms with van der Waals surface area (Å²) in [7, 11) is 8.39. The second-order valence-electron chi connectivity index (χ2n) is 27.8. The molecular weight excluding hydrogens is 1270 g/mol. The van der Waals surface area contributed by atoms with Gasteiger partial charge in [-0.3, -0.25) is 63.9 Å². The van der Waals surface area contributed by atoms with E-state index in [1.165, 1.54) is 19.1 Å². The number of nitriles is 1. The maximum atomic E-state index is 14.6. The van der Waals surface area contributed by atoms with Crippen molar-refractivity contribution in [3.63, 3.8) is 0 Å². The third kappa shape index (κ3) is 24.9. The van der Waals surface area contributed by atoms with Crippen molar-refractivity contribution in [3.05, 3.63) is 65.7 Å². The summed E-state index contributed by atoms with van der Waals surface area (Å²) in [6.45, 7) is 20.2. The van der Waals surface area contributed by atoms with Gasteiger partial charge in [0.15, 0.2) is 6.35 Å². The van der Waals surface area contributed by atoms with E-state index in [0.29, 0.717) is 56.4 Å². The van der Waals surface area contributed by atoms with Crippen molar-refractivity contribution < 1.29 is 62.5 Å². The van der Waals surface area contributed by atoms with Gasteiger partial charge in [-0.15, -0.1) is 0 Å². The summed E-state index contributed by atoms with van der Waals surface area (Å²) in [4.78, 5) is 146. The summed E-state index contributed by atoms with van der Waals surface area (Å²) in [5.74, 6) is -5.80. The van der Waals surface area contributed by atoms with Crippen LogP contribution in [0.15, 0.2) is 54.6 Å². The van der Waals surface area contributed by atoms with Crippen molar-refractivity contribution in [1.82, 2.24) is 56.8 Å². The molecule has 11 N–H and O–H groups in total. The molecular formula is C72H116N14O13. The molecule has 10 amide bonds. The van der Waals surface area contributed by atoms with Crippen molar-refractivity contribution >= 4 is 64.8 Å². The average Bonchev–Trinajstić information content (AvgIpc) is 0.996. The Morgan fingerprint density at radius 2 is 1.34 bits per heavy atom. The number of anilines is 1. The minimum Gasteiger partial charge on any atom is -0.379 e. The van der Waals surface area contributed by atoms with E-state index in [-0.39, 0.29) is 118 Å². The van der Waals surface area contributed by atoms with Crippen LogP contribution in [0.5, 0.6) is 0 Å². The van der Waals surface area contributed by atoms with Crippen LogP contribution in [0, 0.1) is 46.3 Å². The maximum Gasteiger partial charge on any atom is 0.246 e. The number of carbonyl (C=O) groups excluding carboxylic acids is 10. The van der Waals surface area contributed by atoms with Gasteiger partial charge in [0.05, 0.1) is 48.7 Å². The number of amides is 10. The number of nitrogens with zero attached hydrogens (tertiary/aromatic N) is 5. The molecule has 0 saturated carbocycles. The second-order valence-corrected chi connectivity index (χ2v) is 27.8. The molecule has 0 aromatic heterocycles. The van der Waals surface area contributed by atoms with Crippen molar-refractivity contribution in [2.45, 2.75) is 214 Å². The fraction of sp³-hybridized carbons (Fsp3) is 0.681. The number of aliphatic hydroxyl groups excluding tert-OH is 1. The topological polar surface area (TPSA) is 368 Å². The number of hydrogen-bond acceptors (Lipinski definition) is 17. The summed E-state index contributed by atoms with van der Waals surface area (Å²) >= 11 is 0. The molecule has 0 bridgehead atoms. The van der Waals surface area contributed by atoms with Gasteiger partial charge in [-0.05, 0) is 113 Å². The third-order valence-corrected chi connectivity index (χ3v) is 19.2. The standard InChI is InChI=1S/C72H116N14O13/c1-16-35-75-70(96)72(43-73)33-38-85(39-34-72)57(88)32-31-56(87)81-59(44(3)4)67(93)79-52(25-21-36-76-71(74)97)66(92)78-51-29-27-50(28-30-51)42-77-65(91)53(40-49-23-19-18-20-24-49)80-64(90)48(10)63(99-15)54-26-22-37-86(54)58(89)41-55(98-14)62(47(9)17-2)84(13)69(95)60(45(5)6)82-68(94)61(46(7)8)83(11)12/h18-20,23-24,27-30,44-48,52-55,59-63,71,76,97H,16-17,21-22,25-26,31-42,74H2,1-15H3,(H,75,96)(H,77,91)(H,78,92)(H,79,93)(H,80,90)(H,81,87)(H,82,94)/t47-,48+,52-,53-,54-,55+,59-,60-,61-,62-,63+,71?/m0/s1. The van der Waals surface area contributed by atoms with Gasteiger partial charge in [-0.25, -0.2) is 0 Å². The van der Waals surface area contributed by atoms with Crippen LogP contribution < -0.4 is 48.3 Å². The molecule has 0 aliphatic carbocycles. The summed E-state index contributed by atoms with van der Waals surface area (Å²) in [5, 5.41) is 42.2. The molecule has 2 heterocycles. The van der Waals surface area contributed by atoms with Crippen LogP contribution in [0.3, 0.4) is 0 Å². The molecule has 2 saturated heterocycles. The number of likely N-dealkylation sites (N-methyl/N-ethyl adjacent to an activating group) is 2. The Labute approximate surface area is 586 Å². The Morgan fingerprint density at radius 1 is 0.707 bits per heavy atom. The highest BCUT2D eigenvalue weighted by atomic mass is 16.5. The van der Waals surface area contributed by atoms with Gasteiger partial charge in [0.2, 0.25) is 59.1 Å². The quantitative estimate of drug-likeness (QED) is 0.0338. The first-order valence-electron chi connectivity index (χ1n) is 35.2. The van der Waals surface area contributed by atoms with Gasteiger partial charge in [-0.1, -0.05) is 118 Å². The van der Waals surface area contributed by atoms with E-state index in [4.69, 9.17) is 15.2 Å². The highest BCUT2D eigenvalue weighted by Crippen LogP contribution is 2.33. The summed E-state index contributed by atoms with van der Waals surface area (Å²) in [5.41, 5.74) is 6.04. The van der Waals surface area contributed by atoms with Gasteiger partial charge < -0.3 is 66.5 Å². The molecule has 552 valence electrons. The first-order valence-corrected chi connectivity index (χ1v) is 35.2. The van der Waals surface area contributed by atoms with E-state index < -0.39 is 108 Å². The lowest BCUT2D eigenvalue weighted by Crippen LogP contribution is -2.59. The smallest absolute Gasteiger partial charge is 0.246 e. The minimum atomic E-state index is -1.31. The van der Waals surface area contributed by atoms with Crippen LogP contribution in [-0.2, 0) is 70.4 Å². The number of ether oxygens (including phenoxy) is 2. The fourth-order valence-corrected chi connectivity index (χ4v) is 13.2. The number of nitrogens with one attached hydrogen (secondary N) is 8. The Hall–Kier alpha value is -7.61. The minimum absolute atomic E-state index is 0.00849. The molecule has 2 aromatic carbocycles. The molecule has 4 rings (SSSR count). The van der Waals surface area contributed by atoms with Gasteiger partial charge in [0.1, 0.15) is 29.6 Å². The van der Waals surface area contributed by atoms with Gasteiger partial charge in [0, 0.05) is 78.9 Å². The molecule has 1 unspecified atom stereocenters. The highest BCUT2D eigenvalue weighted by Gasteiger charge is 2.45. The average molecular weight is 1390 g/mol. The number of methoxy groups -OCH3 is 2. The summed E-state index contributed by atoms with van der Waals surface area (Å²) < 4.78 is 12.2.